The molecule has 0 amide bonds. The molecule has 0 aliphatic heterocycles. The van der Waals surface area contributed by atoms with Crippen LogP contribution in [0.2, 0.25) is 5.02 Å². The number of thioether (sulfide) groups is 1. The number of Topliss-reactive ketones (excluding diaryl/α,β-unsaturated/α-hetero) is 1. The Hall–Kier alpha value is -1.50. The summed E-state index contributed by atoms with van der Waals surface area (Å²) in [6.45, 7) is 0. The highest BCUT2D eigenvalue weighted by Crippen LogP contribution is 2.23. The van der Waals surface area contributed by atoms with Crippen molar-refractivity contribution in [3.05, 3.63) is 53.1 Å². The van der Waals surface area contributed by atoms with Gasteiger partial charge in [-0.2, -0.15) is 0 Å². The highest BCUT2D eigenvalue weighted by atomic mass is 79.9. The van der Waals surface area contributed by atoms with Crippen molar-refractivity contribution in [2.24, 2.45) is 0 Å². The number of ketones is 1. The number of carbonyl (C=O) groups is 1. The quantitative estimate of drug-likeness (QED) is 0.483. The third-order valence-electron chi connectivity index (χ3n) is 3.17. The van der Waals surface area contributed by atoms with Crippen molar-refractivity contribution in [2.45, 2.75) is 5.16 Å². The summed E-state index contributed by atoms with van der Waals surface area (Å²) in [5.41, 5.74) is 2.39. The molecule has 4 nitrogen and oxygen atoms in total. The van der Waals surface area contributed by atoms with E-state index in [1.165, 1.54) is 11.8 Å². The van der Waals surface area contributed by atoms with Crippen LogP contribution in [0, 0.1) is 0 Å². The molecule has 0 bridgehead atoms. The second-order valence-corrected chi connectivity index (χ2v) is 6.04. The molecule has 0 radical (unpaired) electrons. The zero-order valence-electron chi connectivity index (χ0n) is 12.2. The van der Waals surface area contributed by atoms with Crippen LogP contribution in [0.5, 0.6) is 5.75 Å². The molecule has 3 rings (SSSR count). The van der Waals surface area contributed by atoms with E-state index in [2.05, 4.69) is 9.97 Å². The van der Waals surface area contributed by atoms with E-state index in [1.54, 1.807) is 31.4 Å². The van der Waals surface area contributed by atoms with E-state index in [0.717, 1.165) is 16.8 Å². The molecular weight excluding hydrogens is 400 g/mol. The first-order valence-electron chi connectivity index (χ1n) is 6.61. The Labute approximate surface area is 153 Å². The van der Waals surface area contributed by atoms with E-state index in [4.69, 9.17) is 16.3 Å². The fourth-order valence-corrected chi connectivity index (χ4v) is 2.92. The summed E-state index contributed by atoms with van der Waals surface area (Å²) in [5.74, 6) is 1.13. The molecule has 0 spiro atoms. The van der Waals surface area contributed by atoms with Gasteiger partial charge in [-0.1, -0.05) is 23.4 Å². The highest BCUT2D eigenvalue weighted by Gasteiger charge is 2.09. The number of hydrogen-bond donors (Lipinski definition) is 1. The van der Waals surface area contributed by atoms with Gasteiger partial charge >= 0.3 is 0 Å². The number of aromatic amines is 1. The van der Waals surface area contributed by atoms with E-state index in [9.17, 15) is 4.79 Å². The van der Waals surface area contributed by atoms with Gasteiger partial charge in [0.25, 0.3) is 0 Å². The molecule has 1 N–H and O–H groups in total. The first-order valence-corrected chi connectivity index (χ1v) is 7.97. The van der Waals surface area contributed by atoms with Crippen LogP contribution in [0.4, 0.5) is 0 Å². The van der Waals surface area contributed by atoms with Crippen molar-refractivity contribution >= 4 is 57.2 Å². The maximum absolute atomic E-state index is 12.1. The minimum Gasteiger partial charge on any atom is -0.497 e. The molecule has 120 valence electrons. The Morgan fingerprint density at radius 2 is 2.00 bits per heavy atom. The maximum Gasteiger partial charge on any atom is 0.173 e. The molecule has 0 saturated carbocycles. The number of hydrogen-bond acceptors (Lipinski definition) is 4. The number of halogens is 2. The second kappa shape index (κ2) is 7.86. The van der Waals surface area contributed by atoms with Crippen LogP contribution in [0.1, 0.15) is 10.4 Å². The molecule has 1 aromatic heterocycles. The van der Waals surface area contributed by atoms with Crippen molar-refractivity contribution in [1.82, 2.24) is 9.97 Å². The molecule has 23 heavy (non-hydrogen) atoms. The number of benzene rings is 2. The topological polar surface area (TPSA) is 55.0 Å². The van der Waals surface area contributed by atoms with Gasteiger partial charge in [0.2, 0.25) is 0 Å². The van der Waals surface area contributed by atoms with Crippen LogP contribution in [-0.4, -0.2) is 28.6 Å². The van der Waals surface area contributed by atoms with Crippen molar-refractivity contribution < 1.29 is 9.53 Å². The Bertz CT molecular complexity index is 821. The summed E-state index contributed by atoms with van der Waals surface area (Å²) in [7, 11) is 1.62. The number of H-pyrrole nitrogens is 1. The summed E-state index contributed by atoms with van der Waals surface area (Å²) in [6.07, 6.45) is 0. The zero-order chi connectivity index (χ0) is 15.5. The standard InChI is InChI=1S/C16H13ClN2O2S.BrH/c1-21-12-6-7-13-14(8-12)19-16(18-13)22-9-15(20)10-2-4-11(17)5-3-10;/h2-8H,9H2,1H3,(H,18,19);1H. The van der Waals surface area contributed by atoms with E-state index < -0.39 is 0 Å². The van der Waals surface area contributed by atoms with Gasteiger partial charge in [0, 0.05) is 16.7 Å². The van der Waals surface area contributed by atoms with Crippen LogP contribution in [-0.2, 0) is 0 Å². The number of nitrogens with one attached hydrogen (secondary N) is 1. The molecule has 0 unspecified atom stereocenters. The van der Waals surface area contributed by atoms with Crippen LogP contribution < -0.4 is 4.74 Å². The number of nitrogens with zero attached hydrogens (tertiary/aromatic N) is 1. The second-order valence-electron chi connectivity index (χ2n) is 4.64. The van der Waals surface area contributed by atoms with Crippen molar-refractivity contribution in [2.75, 3.05) is 12.9 Å². The minimum absolute atomic E-state index is 0. The number of imidazole rings is 1. The predicted octanol–water partition coefficient (Wildman–Crippen LogP) is 4.78. The summed E-state index contributed by atoms with van der Waals surface area (Å²) in [5, 5.41) is 1.33. The highest BCUT2D eigenvalue weighted by molar-refractivity contribution is 8.93. The lowest BCUT2D eigenvalue weighted by Gasteiger charge is -1.99. The number of rotatable bonds is 5. The lowest BCUT2D eigenvalue weighted by molar-refractivity contribution is 0.102. The van der Waals surface area contributed by atoms with Crippen LogP contribution in [0.15, 0.2) is 47.6 Å². The van der Waals surface area contributed by atoms with Gasteiger partial charge < -0.3 is 9.72 Å². The average molecular weight is 414 g/mol. The van der Waals surface area contributed by atoms with E-state index in [-0.39, 0.29) is 22.8 Å². The van der Waals surface area contributed by atoms with Crippen LogP contribution in [0.25, 0.3) is 11.0 Å². The fraction of sp³-hybridized carbons (Fsp3) is 0.125. The van der Waals surface area contributed by atoms with Gasteiger partial charge in [-0.25, -0.2) is 4.98 Å². The Morgan fingerprint density at radius 3 is 2.70 bits per heavy atom. The van der Waals surface area contributed by atoms with Gasteiger partial charge in [0.15, 0.2) is 10.9 Å². The molecule has 0 aliphatic rings. The Balaban J connectivity index is 0.00000192. The summed E-state index contributed by atoms with van der Waals surface area (Å²) in [4.78, 5) is 19.8. The van der Waals surface area contributed by atoms with Gasteiger partial charge in [-0.15, -0.1) is 17.0 Å². The van der Waals surface area contributed by atoms with E-state index in [1.807, 2.05) is 18.2 Å². The maximum atomic E-state index is 12.1. The van der Waals surface area contributed by atoms with Crippen molar-refractivity contribution in [3.63, 3.8) is 0 Å². The third kappa shape index (κ3) is 4.28. The van der Waals surface area contributed by atoms with Gasteiger partial charge in [0.05, 0.1) is 23.9 Å². The smallest absolute Gasteiger partial charge is 0.173 e. The molecule has 0 saturated heterocycles. The number of aromatic nitrogens is 2. The molecule has 0 aliphatic carbocycles. The summed E-state index contributed by atoms with van der Waals surface area (Å²) in [6, 6.07) is 12.5. The van der Waals surface area contributed by atoms with E-state index in [0.29, 0.717) is 21.5 Å². The number of fused-ring (bicyclic) bond motifs is 1. The molecule has 3 aromatic rings. The molecule has 2 aromatic carbocycles. The average Bonchev–Trinajstić information content (AvgIpc) is 2.95. The first kappa shape index (κ1) is 17.8. The van der Waals surface area contributed by atoms with Crippen molar-refractivity contribution in [3.8, 4) is 5.75 Å². The van der Waals surface area contributed by atoms with Crippen molar-refractivity contribution in [1.29, 1.82) is 0 Å². The van der Waals surface area contributed by atoms with E-state index >= 15 is 0 Å². The zero-order valence-corrected chi connectivity index (χ0v) is 15.5. The minimum atomic E-state index is 0. The summed E-state index contributed by atoms with van der Waals surface area (Å²) < 4.78 is 5.18. The normalized spacial score (nSPS) is 10.3. The monoisotopic (exact) mass is 412 g/mol. The lowest BCUT2D eigenvalue weighted by atomic mass is 10.1. The molecule has 7 heteroatoms. The van der Waals surface area contributed by atoms with Gasteiger partial charge in [-0.3, -0.25) is 4.79 Å². The Kier molecular flexibility index (Phi) is 6.10. The Morgan fingerprint density at radius 1 is 1.26 bits per heavy atom. The first-order chi connectivity index (χ1) is 10.7. The van der Waals surface area contributed by atoms with Crippen LogP contribution in [0.3, 0.4) is 0 Å². The number of carbonyl (C=O) groups excluding carboxylic acids is 1. The largest absolute Gasteiger partial charge is 0.497 e. The third-order valence-corrected chi connectivity index (χ3v) is 4.30. The van der Waals surface area contributed by atoms with Crippen LogP contribution >= 0.6 is 40.3 Å². The molecule has 0 fully saturated rings. The molecule has 1 heterocycles. The molecular formula is C16H14BrClN2O2S. The molecule has 0 atom stereocenters. The number of ether oxygens (including phenoxy) is 1. The fourth-order valence-electron chi connectivity index (χ4n) is 2.01. The van der Waals surface area contributed by atoms with Gasteiger partial charge in [-0.05, 0) is 36.4 Å². The summed E-state index contributed by atoms with van der Waals surface area (Å²) >= 11 is 7.19. The SMILES string of the molecule is Br.COc1ccc2nc(SCC(=O)c3ccc(Cl)cc3)[nH]c2c1. The predicted molar refractivity (Wildman–Crippen MR) is 99.5 cm³/mol. The number of methoxy groups -OCH3 is 1. The van der Waals surface area contributed by atoms with Gasteiger partial charge in [0.1, 0.15) is 5.75 Å². The lowest BCUT2D eigenvalue weighted by Crippen LogP contribution is -2.02.